The van der Waals surface area contributed by atoms with Gasteiger partial charge >= 0.3 is 0 Å². The molecular weight excluding hydrogens is 374 g/mol. The maximum Gasteiger partial charge on any atom is 0.246 e. The lowest BCUT2D eigenvalue weighted by Gasteiger charge is -2.14. The van der Waals surface area contributed by atoms with Gasteiger partial charge in [-0.1, -0.05) is 17.3 Å². The van der Waals surface area contributed by atoms with Crippen LogP contribution < -0.4 is 4.74 Å². The molecule has 0 radical (unpaired) electrons. The maximum atomic E-state index is 12.4. The standard InChI is InChI=1S/C21H23N3O3S/c1-14-20(15(2)27-23-14)11-24(4)21(25)9-8-17-6-5-7-19(10-17)26-12-18-13-28-16(3)22-18/h5-10,13H,11-12H2,1-4H3/b9-8+. The minimum absolute atomic E-state index is 0.0933. The van der Waals surface area contributed by atoms with Gasteiger partial charge in [0, 0.05) is 24.1 Å². The maximum absolute atomic E-state index is 12.4. The summed E-state index contributed by atoms with van der Waals surface area (Å²) in [6, 6.07) is 7.62. The van der Waals surface area contributed by atoms with Crippen LogP contribution in [0.3, 0.4) is 0 Å². The first-order chi connectivity index (χ1) is 13.4. The molecule has 3 aromatic rings. The van der Waals surface area contributed by atoms with Crippen LogP contribution in [0.2, 0.25) is 0 Å². The van der Waals surface area contributed by atoms with E-state index in [0.29, 0.717) is 13.2 Å². The summed E-state index contributed by atoms with van der Waals surface area (Å²) >= 11 is 1.61. The van der Waals surface area contributed by atoms with E-state index in [1.807, 2.05) is 50.4 Å². The molecule has 7 heteroatoms. The number of ether oxygens (including phenoxy) is 1. The van der Waals surface area contributed by atoms with Crippen molar-refractivity contribution in [3.8, 4) is 5.75 Å². The van der Waals surface area contributed by atoms with Crippen molar-refractivity contribution in [2.45, 2.75) is 33.9 Å². The van der Waals surface area contributed by atoms with E-state index in [9.17, 15) is 4.79 Å². The summed E-state index contributed by atoms with van der Waals surface area (Å²) < 4.78 is 10.9. The van der Waals surface area contributed by atoms with E-state index in [-0.39, 0.29) is 5.91 Å². The van der Waals surface area contributed by atoms with E-state index in [4.69, 9.17) is 9.26 Å². The second-order valence-corrected chi connectivity index (χ2v) is 7.61. The molecule has 0 bridgehead atoms. The summed E-state index contributed by atoms with van der Waals surface area (Å²) in [5.74, 6) is 1.38. The summed E-state index contributed by atoms with van der Waals surface area (Å²) in [4.78, 5) is 18.4. The number of benzene rings is 1. The highest BCUT2D eigenvalue weighted by molar-refractivity contribution is 7.09. The van der Waals surface area contributed by atoms with Crippen molar-refractivity contribution in [1.82, 2.24) is 15.0 Å². The molecule has 0 aliphatic heterocycles. The fourth-order valence-electron chi connectivity index (χ4n) is 2.68. The second-order valence-electron chi connectivity index (χ2n) is 6.55. The smallest absolute Gasteiger partial charge is 0.246 e. The summed E-state index contributed by atoms with van der Waals surface area (Å²) in [5, 5.41) is 6.94. The van der Waals surface area contributed by atoms with E-state index in [2.05, 4.69) is 10.1 Å². The van der Waals surface area contributed by atoms with Crippen LogP contribution in [0.5, 0.6) is 5.75 Å². The third-order valence-electron chi connectivity index (χ3n) is 4.28. The fourth-order valence-corrected chi connectivity index (χ4v) is 3.27. The van der Waals surface area contributed by atoms with Gasteiger partial charge in [0.15, 0.2) is 0 Å². The third-order valence-corrected chi connectivity index (χ3v) is 5.10. The molecule has 0 aliphatic rings. The van der Waals surface area contributed by atoms with Gasteiger partial charge in [0.2, 0.25) is 5.91 Å². The number of aryl methyl sites for hydroxylation is 3. The molecule has 146 valence electrons. The largest absolute Gasteiger partial charge is 0.487 e. The molecule has 0 spiro atoms. The van der Waals surface area contributed by atoms with Crippen LogP contribution in [-0.2, 0) is 17.9 Å². The van der Waals surface area contributed by atoms with Crippen LogP contribution >= 0.6 is 11.3 Å². The number of likely N-dealkylation sites (N-methyl/N-ethyl adjacent to an activating group) is 1. The van der Waals surface area contributed by atoms with Gasteiger partial charge in [0.25, 0.3) is 0 Å². The zero-order valence-corrected chi connectivity index (χ0v) is 17.2. The number of hydrogen-bond acceptors (Lipinski definition) is 6. The van der Waals surface area contributed by atoms with Crippen LogP contribution in [-0.4, -0.2) is 28.0 Å². The van der Waals surface area contributed by atoms with E-state index in [1.165, 1.54) is 0 Å². The van der Waals surface area contributed by atoms with Gasteiger partial charge in [-0.2, -0.15) is 0 Å². The molecule has 0 atom stereocenters. The summed E-state index contributed by atoms with van der Waals surface area (Å²) in [7, 11) is 1.76. The Labute approximate surface area is 168 Å². The highest BCUT2D eigenvalue weighted by Crippen LogP contribution is 2.18. The number of hydrogen-bond donors (Lipinski definition) is 0. The second kappa shape index (κ2) is 8.84. The van der Waals surface area contributed by atoms with Gasteiger partial charge < -0.3 is 14.2 Å². The lowest BCUT2D eigenvalue weighted by Crippen LogP contribution is -2.24. The van der Waals surface area contributed by atoms with E-state index in [0.717, 1.165) is 39.0 Å². The number of rotatable bonds is 7. The molecule has 1 amide bonds. The fraction of sp³-hybridized carbons (Fsp3) is 0.286. The van der Waals surface area contributed by atoms with E-state index in [1.54, 1.807) is 35.4 Å². The average molecular weight is 398 g/mol. The Morgan fingerprint density at radius 3 is 2.82 bits per heavy atom. The topological polar surface area (TPSA) is 68.5 Å². The van der Waals surface area contributed by atoms with Crippen molar-refractivity contribution in [1.29, 1.82) is 0 Å². The van der Waals surface area contributed by atoms with Gasteiger partial charge in [-0.15, -0.1) is 11.3 Å². The molecule has 0 saturated carbocycles. The normalized spacial score (nSPS) is 11.1. The van der Waals surface area contributed by atoms with Gasteiger partial charge in [0.05, 0.1) is 22.9 Å². The van der Waals surface area contributed by atoms with Gasteiger partial charge in [-0.25, -0.2) is 4.98 Å². The molecule has 0 saturated heterocycles. The molecule has 0 fully saturated rings. The number of thiazole rings is 1. The number of amides is 1. The first-order valence-corrected chi connectivity index (χ1v) is 9.79. The molecule has 28 heavy (non-hydrogen) atoms. The SMILES string of the molecule is Cc1nc(COc2cccc(/C=C/C(=O)N(C)Cc3c(C)noc3C)c2)cs1. The Morgan fingerprint density at radius 2 is 2.14 bits per heavy atom. The zero-order chi connectivity index (χ0) is 20.1. The summed E-state index contributed by atoms with van der Waals surface area (Å²) in [6.07, 6.45) is 3.34. The minimum Gasteiger partial charge on any atom is -0.487 e. The van der Waals surface area contributed by atoms with Crippen molar-refractivity contribution >= 4 is 23.3 Å². The summed E-state index contributed by atoms with van der Waals surface area (Å²) in [5.41, 5.74) is 3.56. The van der Waals surface area contributed by atoms with Gasteiger partial charge in [0.1, 0.15) is 18.1 Å². The Kier molecular flexibility index (Phi) is 6.26. The highest BCUT2D eigenvalue weighted by atomic mass is 32.1. The molecule has 0 N–H and O–H groups in total. The minimum atomic E-state index is -0.0933. The van der Waals surface area contributed by atoms with Crippen LogP contribution in [0, 0.1) is 20.8 Å². The van der Waals surface area contributed by atoms with E-state index < -0.39 is 0 Å². The Morgan fingerprint density at radius 1 is 1.32 bits per heavy atom. The van der Waals surface area contributed by atoms with Crippen molar-refractivity contribution in [2.75, 3.05) is 7.05 Å². The molecule has 1 aromatic carbocycles. The van der Waals surface area contributed by atoms with Crippen molar-refractivity contribution in [2.24, 2.45) is 0 Å². The Balaban J connectivity index is 1.59. The highest BCUT2D eigenvalue weighted by Gasteiger charge is 2.13. The lowest BCUT2D eigenvalue weighted by atomic mass is 10.2. The first kappa shape index (κ1) is 19.8. The quantitative estimate of drug-likeness (QED) is 0.556. The van der Waals surface area contributed by atoms with Crippen LogP contribution in [0.4, 0.5) is 0 Å². The first-order valence-electron chi connectivity index (χ1n) is 8.91. The number of carbonyl (C=O) groups excluding carboxylic acids is 1. The molecule has 6 nitrogen and oxygen atoms in total. The van der Waals surface area contributed by atoms with Crippen LogP contribution in [0.1, 0.15) is 33.3 Å². The van der Waals surface area contributed by atoms with Crippen LogP contribution in [0.15, 0.2) is 40.2 Å². The van der Waals surface area contributed by atoms with Gasteiger partial charge in [-0.3, -0.25) is 4.79 Å². The predicted octanol–water partition coefficient (Wildman–Crippen LogP) is 4.31. The zero-order valence-electron chi connectivity index (χ0n) is 16.4. The lowest BCUT2D eigenvalue weighted by molar-refractivity contribution is -0.125. The van der Waals surface area contributed by atoms with Gasteiger partial charge in [-0.05, 0) is 44.5 Å². The molecule has 0 unspecified atom stereocenters. The Hall–Kier alpha value is -2.93. The molecular formula is C21H23N3O3S. The summed E-state index contributed by atoms with van der Waals surface area (Å²) in [6.45, 7) is 6.58. The molecule has 2 aromatic heterocycles. The van der Waals surface area contributed by atoms with Crippen molar-refractivity contribution in [3.63, 3.8) is 0 Å². The molecule has 0 aliphatic carbocycles. The number of aromatic nitrogens is 2. The monoisotopic (exact) mass is 397 g/mol. The number of nitrogens with zero attached hydrogens (tertiary/aromatic N) is 3. The Bertz CT molecular complexity index is 971. The predicted molar refractivity (Wildman–Crippen MR) is 109 cm³/mol. The van der Waals surface area contributed by atoms with Crippen molar-refractivity contribution in [3.05, 3.63) is 69.0 Å². The average Bonchev–Trinajstić information content (AvgIpc) is 3.24. The molecule has 3 rings (SSSR count). The van der Waals surface area contributed by atoms with Crippen molar-refractivity contribution < 1.29 is 14.1 Å². The number of carbonyl (C=O) groups is 1. The van der Waals surface area contributed by atoms with Crippen LogP contribution in [0.25, 0.3) is 6.08 Å². The third kappa shape index (κ3) is 5.07. The van der Waals surface area contributed by atoms with E-state index >= 15 is 0 Å². The molecule has 2 heterocycles.